The highest BCUT2D eigenvalue weighted by Gasteiger charge is 2.39. The molecule has 6 nitrogen and oxygen atoms in total. The molecule has 2 aliphatic heterocycles. The van der Waals surface area contributed by atoms with E-state index >= 15 is 0 Å². The van der Waals surface area contributed by atoms with E-state index in [-0.39, 0.29) is 11.9 Å². The number of thiocarbonyl (C=S) groups is 1. The summed E-state index contributed by atoms with van der Waals surface area (Å²) in [6.07, 6.45) is 8.03. The van der Waals surface area contributed by atoms with Crippen molar-refractivity contribution in [2.75, 3.05) is 17.2 Å². The molecule has 0 bridgehead atoms. The Morgan fingerprint density at radius 3 is 3.00 bits per heavy atom. The predicted octanol–water partition coefficient (Wildman–Crippen LogP) is 2.97. The second-order valence-electron chi connectivity index (χ2n) is 5.95. The number of carbonyl (C=O) groups excluding carboxylic acids is 1. The average Bonchev–Trinajstić information content (AvgIpc) is 2.90. The molecular weight excluding hydrogens is 322 g/mol. The van der Waals surface area contributed by atoms with Crippen molar-refractivity contribution in [3.63, 3.8) is 0 Å². The van der Waals surface area contributed by atoms with Gasteiger partial charge in [0.15, 0.2) is 10.9 Å². The molecule has 4 rings (SSSR count). The number of amides is 1. The first-order valence-corrected chi connectivity index (χ1v) is 8.43. The van der Waals surface area contributed by atoms with Crippen molar-refractivity contribution in [3.8, 4) is 0 Å². The lowest BCUT2D eigenvalue weighted by Crippen LogP contribution is -2.32. The zero-order valence-corrected chi connectivity index (χ0v) is 13.8. The Bertz CT molecular complexity index is 795. The summed E-state index contributed by atoms with van der Waals surface area (Å²) in [7, 11) is 0. The topological polar surface area (TPSA) is 70.1 Å². The van der Waals surface area contributed by atoms with Gasteiger partial charge in [0.1, 0.15) is 0 Å². The number of nitrogens with one attached hydrogen (secondary N) is 2. The molecule has 0 spiro atoms. The number of hydrogen-bond donors (Lipinski definition) is 2. The second-order valence-corrected chi connectivity index (χ2v) is 6.35. The summed E-state index contributed by atoms with van der Waals surface area (Å²) in [5.74, 6) is 0.712. The van der Waals surface area contributed by atoms with E-state index in [9.17, 15) is 4.79 Å². The Kier molecular flexibility index (Phi) is 3.86. The minimum Gasteiger partial charge on any atom is -0.332 e. The molecule has 0 saturated carbocycles. The van der Waals surface area contributed by atoms with Gasteiger partial charge in [-0.05, 0) is 43.6 Å². The molecule has 1 aromatic carbocycles. The number of hydrogen-bond acceptors (Lipinski definition) is 4. The van der Waals surface area contributed by atoms with Crippen LogP contribution in [0.4, 0.5) is 11.5 Å². The number of nitrogens with zero attached hydrogens (tertiary/aromatic N) is 3. The van der Waals surface area contributed by atoms with E-state index in [0.717, 1.165) is 42.6 Å². The number of benzene rings is 1. The molecule has 2 aromatic rings. The van der Waals surface area contributed by atoms with Gasteiger partial charge in [0.05, 0.1) is 12.2 Å². The van der Waals surface area contributed by atoms with Gasteiger partial charge in [-0.1, -0.05) is 6.07 Å². The average molecular weight is 339 g/mol. The third-order valence-electron chi connectivity index (χ3n) is 4.49. The van der Waals surface area contributed by atoms with E-state index in [4.69, 9.17) is 12.2 Å². The van der Waals surface area contributed by atoms with Crippen molar-refractivity contribution in [1.29, 1.82) is 0 Å². The van der Waals surface area contributed by atoms with Gasteiger partial charge in [-0.2, -0.15) is 0 Å². The number of fused-ring (bicyclic) bond motifs is 3. The summed E-state index contributed by atoms with van der Waals surface area (Å²) < 4.78 is 0. The quantitative estimate of drug-likeness (QED) is 0.820. The number of aromatic nitrogens is 2. The summed E-state index contributed by atoms with van der Waals surface area (Å²) >= 11 is 5.38. The highest BCUT2D eigenvalue weighted by atomic mass is 32.1. The summed E-state index contributed by atoms with van der Waals surface area (Å²) in [4.78, 5) is 22.7. The predicted molar refractivity (Wildman–Crippen MR) is 95.9 cm³/mol. The first-order valence-electron chi connectivity index (χ1n) is 8.02. The molecular formula is C17H17N5OS. The molecule has 1 saturated heterocycles. The summed E-state index contributed by atoms with van der Waals surface area (Å²) in [6, 6.07) is 5.92. The van der Waals surface area contributed by atoms with Crippen LogP contribution in [0.1, 0.15) is 41.2 Å². The summed E-state index contributed by atoms with van der Waals surface area (Å²) in [5, 5.41) is 6.67. The summed E-state index contributed by atoms with van der Waals surface area (Å²) in [5.41, 5.74) is 2.73. The van der Waals surface area contributed by atoms with Crippen LogP contribution in [-0.2, 0) is 0 Å². The van der Waals surface area contributed by atoms with Crippen LogP contribution in [0.5, 0.6) is 0 Å². The maximum absolute atomic E-state index is 12.6. The molecule has 24 heavy (non-hydrogen) atoms. The Hall–Kier alpha value is -2.54. The zero-order valence-electron chi connectivity index (χ0n) is 13.0. The molecule has 1 amide bonds. The maximum Gasteiger partial charge on any atom is 0.254 e. The van der Waals surface area contributed by atoms with Crippen LogP contribution in [-0.4, -0.2) is 32.4 Å². The van der Waals surface area contributed by atoms with Crippen molar-refractivity contribution in [2.24, 2.45) is 0 Å². The normalized spacial score (nSPS) is 18.8. The number of carbonyl (C=O) groups is 1. The van der Waals surface area contributed by atoms with E-state index in [1.807, 2.05) is 23.1 Å². The lowest BCUT2D eigenvalue weighted by molar-refractivity contribution is 0.0672. The molecule has 2 aliphatic rings. The van der Waals surface area contributed by atoms with E-state index in [1.165, 1.54) is 0 Å². The van der Waals surface area contributed by atoms with E-state index < -0.39 is 0 Å². The van der Waals surface area contributed by atoms with Crippen LogP contribution >= 0.6 is 12.2 Å². The molecule has 1 fully saturated rings. The van der Waals surface area contributed by atoms with Crippen molar-refractivity contribution in [1.82, 2.24) is 14.9 Å². The van der Waals surface area contributed by atoms with E-state index in [0.29, 0.717) is 10.9 Å². The van der Waals surface area contributed by atoms with Gasteiger partial charge in [-0.3, -0.25) is 9.78 Å². The molecule has 2 N–H and O–H groups in total. The van der Waals surface area contributed by atoms with Gasteiger partial charge in [0.25, 0.3) is 5.91 Å². The Balaban J connectivity index is 1.59. The van der Waals surface area contributed by atoms with Crippen molar-refractivity contribution < 1.29 is 4.79 Å². The molecule has 1 unspecified atom stereocenters. The lowest BCUT2D eigenvalue weighted by Gasteiger charge is -2.30. The molecule has 3 heterocycles. The first-order chi connectivity index (χ1) is 11.7. The van der Waals surface area contributed by atoms with Crippen LogP contribution in [0.3, 0.4) is 0 Å². The highest BCUT2D eigenvalue weighted by Crippen LogP contribution is 2.43. The molecule has 1 atom stereocenters. The Labute approximate surface area is 145 Å². The van der Waals surface area contributed by atoms with Crippen LogP contribution in [0.15, 0.2) is 36.8 Å². The van der Waals surface area contributed by atoms with Crippen LogP contribution in [0.2, 0.25) is 0 Å². The zero-order chi connectivity index (χ0) is 16.5. The maximum atomic E-state index is 12.6. The molecule has 122 valence electrons. The SMILES string of the molecule is O=C1c2cccc(NC(=S)Nc3cnccn3)c2C2CCCCN12. The van der Waals surface area contributed by atoms with Crippen LogP contribution in [0, 0.1) is 0 Å². The van der Waals surface area contributed by atoms with Gasteiger partial charge in [-0.25, -0.2) is 4.98 Å². The van der Waals surface area contributed by atoms with E-state index in [1.54, 1.807) is 18.6 Å². The lowest BCUT2D eigenvalue weighted by atomic mass is 9.96. The van der Waals surface area contributed by atoms with Crippen LogP contribution < -0.4 is 10.6 Å². The molecule has 7 heteroatoms. The monoisotopic (exact) mass is 339 g/mol. The van der Waals surface area contributed by atoms with Gasteiger partial charge >= 0.3 is 0 Å². The fraction of sp³-hybridized carbons (Fsp3) is 0.294. The second kappa shape index (κ2) is 6.16. The number of anilines is 2. The minimum absolute atomic E-state index is 0.131. The van der Waals surface area contributed by atoms with Crippen molar-refractivity contribution in [3.05, 3.63) is 47.9 Å². The first kappa shape index (κ1) is 15.0. The third kappa shape index (κ3) is 2.60. The Morgan fingerprint density at radius 1 is 1.25 bits per heavy atom. The molecule has 0 aliphatic carbocycles. The van der Waals surface area contributed by atoms with Crippen molar-refractivity contribution >= 4 is 34.7 Å². The van der Waals surface area contributed by atoms with Gasteiger partial charge in [0.2, 0.25) is 0 Å². The van der Waals surface area contributed by atoms with Crippen molar-refractivity contribution in [2.45, 2.75) is 25.3 Å². The number of rotatable bonds is 2. The van der Waals surface area contributed by atoms with E-state index in [2.05, 4.69) is 20.6 Å². The fourth-order valence-corrected chi connectivity index (χ4v) is 3.70. The van der Waals surface area contributed by atoms with Gasteiger partial charge in [-0.15, -0.1) is 0 Å². The van der Waals surface area contributed by atoms with Gasteiger partial charge < -0.3 is 15.5 Å². The Morgan fingerprint density at radius 2 is 2.17 bits per heavy atom. The molecule has 0 radical (unpaired) electrons. The minimum atomic E-state index is 0.131. The summed E-state index contributed by atoms with van der Waals surface area (Å²) in [6.45, 7) is 0.833. The standard InChI is InChI=1S/C17H17N5OS/c23-16-11-4-3-5-12(15(11)13-6-1-2-9-22(13)16)20-17(24)21-14-10-18-7-8-19-14/h3-5,7-8,10,13H,1-2,6,9H2,(H2,19,20,21,24). The third-order valence-corrected chi connectivity index (χ3v) is 4.69. The van der Waals surface area contributed by atoms with Crippen LogP contribution in [0.25, 0.3) is 0 Å². The largest absolute Gasteiger partial charge is 0.332 e. The highest BCUT2D eigenvalue weighted by molar-refractivity contribution is 7.80. The molecule has 1 aromatic heterocycles. The van der Waals surface area contributed by atoms with Gasteiger partial charge in [0, 0.05) is 35.8 Å². The fourth-order valence-electron chi connectivity index (χ4n) is 3.48. The smallest absolute Gasteiger partial charge is 0.254 e. The number of piperidine rings is 1.